The highest BCUT2D eigenvalue weighted by Crippen LogP contribution is 2.17. The molecule has 100 valence electrons. The van der Waals surface area contributed by atoms with Crippen molar-refractivity contribution in [3.63, 3.8) is 0 Å². The number of nitrogens with one attached hydrogen (secondary N) is 2. The SMILES string of the molecule is c1ccc(Nc2cnn(CC3CCNCC3)c2)nc1. The first-order valence-electron chi connectivity index (χ1n) is 6.81. The van der Waals surface area contributed by atoms with Crippen LogP contribution in [0.3, 0.4) is 0 Å². The Kier molecular flexibility index (Phi) is 3.74. The summed E-state index contributed by atoms with van der Waals surface area (Å²) in [4.78, 5) is 4.24. The largest absolute Gasteiger partial charge is 0.338 e. The van der Waals surface area contributed by atoms with Crippen molar-refractivity contribution >= 4 is 11.5 Å². The average Bonchev–Trinajstić information content (AvgIpc) is 2.88. The maximum Gasteiger partial charge on any atom is 0.130 e. The molecule has 1 saturated heterocycles. The van der Waals surface area contributed by atoms with Gasteiger partial charge in [0.2, 0.25) is 0 Å². The van der Waals surface area contributed by atoms with Crippen molar-refractivity contribution in [3.05, 3.63) is 36.8 Å². The second-order valence-corrected chi connectivity index (χ2v) is 4.98. The quantitative estimate of drug-likeness (QED) is 0.880. The van der Waals surface area contributed by atoms with E-state index in [-0.39, 0.29) is 0 Å². The van der Waals surface area contributed by atoms with Gasteiger partial charge in [0, 0.05) is 18.9 Å². The molecule has 2 aromatic heterocycles. The van der Waals surface area contributed by atoms with Gasteiger partial charge in [-0.1, -0.05) is 6.07 Å². The zero-order valence-electron chi connectivity index (χ0n) is 10.9. The summed E-state index contributed by atoms with van der Waals surface area (Å²) in [6.07, 6.45) is 8.17. The second-order valence-electron chi connectivity index (χ2n) is 4.98. The van der Waals surface area contributed by atoms with Gasteiger partial charge in [-0.3, -0.25) is 4.68 Å². The van der Waals surface area contributed by atoms with Crippen LogP contribution in [0.5, 0.6) is 0 Å². The lowest BCUT2D eigenvalue weighted by atomic mass is 9.98. The number of aromatic nitrogens is 3. The summed E-state index contributed by atoms with van der Waals surface area (Å²) in [5.41, 5.74) is 0.993. The molecule has 19 heavy (non-hydrogen) atoms. The Hall–Kier alpha value is -1.88. The molecule has 1 aliphatic rings. The predicted octanol–water partition coefficient (Wildman–Crippen LogP) is 2.02. The fourth-order valence-corrected chi connectivity index (χ4v) is 2.44. The number of piperidine rings is 1. The van der Waals surface area contributed by atoms with Crippen molar-refractivity contribution in [2.24, 2.45) is 5.92 Å². The molecule has 0 radical (unpaired) electrons. The average molecular weight is 257 g/mol. The summed E-state index contributed by atoms with van der Waals surface area (Å²) in [7, 11) is 0. The van der Waals surface area contributed by atoms with Crippen LogP contribution in [0.25, 0.3) is 0 Å². The van der Waals surface area contributed by atoms with Crippen LogP contribution < -0.4 is 10.6 Å². The normalized spacial score (nSPS) is 16.4. The number of nitrogens with zero attached hydrogens (tertiary/aromatic N) is 3. The number of rotatable bonds is 4. The maximum absolute atomic E-state index is 4.41. The minimum atomic E-state index is 0.740. The lowest BCUT2D eigenvalue weighted by Crippen LogP contribution is -2.29. The highest BCUT2D eigenvalue weighted by atomic mass is 15.3. The molecule has 0 bridgehead atoms. The van der Waals surface area contributed by atoms with E-state index in [9.17, 15) is 0 Å². The smallest absolute Gasteiger partial charge is 0.130 e. The van der Waals surface area contributed by atoms with E-state index < -0.39 is 0 Å². The van der Waals surface area contributed by atoms with Gasteiger partial charge in [0.25, 0.3) is 0 Å². The molecule has 0 aromatic carbocycles. The van der Waals surface area contributed by atoms with E-state index in [0.29, 0.717) is 0 Å². The van der Waals surface area contributed by atoms with Crippen molar-refractivity contribution in [2.45, 2.75) is 19.4 Å². The molecule has 5 nitrogen and oxygen atoms in total. The minimum absolute atomic E-state index is 0.740. The number of pyridine rings is 1. The fraction of sp³-hybridized carbons (Fsp3) is 0.429. The van der Waals surface area contributed by atoms with Crippen LogP contribution in [0.1, 0.15) is 12.8 Å². The maximum atomic E-state index is 4.41. The molecular formula is C14H19N5. The van der Waals surface area contributed by atoms with Gasteiger partial charge in [-0.05, 0) is 44.0 Å². The minimum Gasteiger partial charge on any atom is -0.338 e. The summed E-state index contributed by atoms with van der Waals surface area (Å²) in [5.74, 6) is 1.59. The Morgan fingerprint density at radius 2 is 2.21 bits per heavy atom. The molecule has 0 spiro atoms. The van der Waals surface area contributed by atoms with E-state index >= 15 is 0 Å². The highest BCUT2D eigenvalue weighted by molar-refractivity contribution is 5.53. The molecule has 0 saturated carbocycles. The molecule has 1 aliphatic heterocycles. The Morgan fingerprint density at radius 1 is 1.32 bits per heavy atom. The monoisotopic (exact) mass is 257 g/mol. The summed E-state index contributed by atoms with van der Waals surface area (Å²) in [6, 6.07) is 5.82. The lowest BCUT2D eigenvalue weighted by molar-refractivity contribution is 0.321. The molecular weight excluding hydrogens is 238 g/mol. The van der Waals surface area contributed by atoms with E-state index in [1.807, 2.05) is 29.1 Å². The van der Waals surface area contributed by atoms with Crippen LogP contribution in [-0.4, -0.2) is 27.9 Å². The van der Waals surface area contributed by atoms with Gasteiger partial charge in [0.05, 0.1) is 11.9 Å². The van der Waals surface area contributed by atoms with Crippen LogP contribution in [-0.2, 0) is 6.54 Å². The van der Waals surface area contributed by atoms with E-state index in [1.54, 1.807) is 6.20 Å². The first-order chi connectivity index (χ1) is 9.40. The van der Waals surface area contributed by atoms with Crippen molar-refractivity contribution < 1.29 is 0 Å². The van der Waals surface area contributed by atoms with Gasteiger partial charge >= 0.3 is 0 Å². The number of anilines is 2. The van der Waals surface area contributed by atoms with Crippen LogP contribution >= 0.6 is 0 Å². The van der Waals surface area contributed by atoms with E-state index in [4.69, 9.17) is 0 Å². The van der Waals surface area contributed by atoms with Gasteiger partial charge in [0.1, 0.15) is 5.82 Å². The van der Waals surface area contributed by atoms with Crippen molar-refractivity contribution in [3.8, 4) is 0 Å². The topological polar surface area (TPSA) is 54.8 Å². The first kappa shape index (κ1) is 12.2. The zero-order chi connectivity index (χ0) is 12.9. The van der Waals surface area contributed by atoms with Gasteiger partial charge < -0.3 is 10.6 Å². The van der Waals surface area contributed by atoms with E-state index in [0.717, 1.165) is 37.1 Å². The Morgan fingerprint density at radius 3 is 3.00 bits per heavy atom. The Labute approximate surface area is 113 Å². The van der Waals surface area contributed by atoms with Gasteiger partial charge in [0.15, 0.2) is 0 Å². The lowest BCUT2D eigenvalue weighted by Gasteiger charge is -2.22. The number of hydrogen-bond acceptors (Lipinski definition) is 4. The van der Waals surface area contributed by atoms with E-state index in [1.165, 1.54) is 12.8 Å². The summed E-state index contributed by atoms with van der Waals surface area (Å²) in [5, 5.41) is 11.1. The third-order valence-corrected chi connectivity index (χ3v) is 3.47. The van der Waals surface area contributed by atoms with Crippen molar-refractivity contribution in [1.82, 2.24) is 20.1 Å². The number of hydrogen-bond donors (Lipinski definition) is 2. The molecule has 0 amide bonds. The molecule has 3 rings (SSSR count). The second kappa shape index (κ2) is 5.84. The molecule has 2 aromatic rings. The molecule has 3 heterocycles. The molecule has 1 fully saturated rings. The van der Waals surface area contributed by atoms with Gasteiger partial charge in [-0.2, -0.15) is 5.10 Å². The Bertz CT molecular complexity index is 502. The van der Waals surface area contributed by atoms with Crippen molar-refractivity contribution in [1.29, 1.82) is 0 Å². The van der Waals surface area contributed by atoms with Crippen LogP contribution in [0.2, 0.25) is 0 Å². The zero-order valence-corrected chi connectivity index (χ0v) is 10.9. The molecule has 0 aliphatic carbocycles. The summed E-state index contributed by atoms with van der Waals surface area (Å²) in [6.45, 7) is 3.27. The fourth-order valence-electron chi connectivity index (χ4n) is 2.44. The summed E-state index contributed by atoms with van der Waals surface area (Å²) >= 11 is 0. The third kappa shape index (κ3) is 3.32. The van der Waals surface area contributed by atoms with Gasteiger partial charge in [-0.15, -0.1) is 0 Å². The standard InChI is InChI=1S/C14H19N5/c1-2-6-16-14(3-1)18-13-9-17-19(11-13)10-12-4-7-15-8-5-12/h1-3,6,9,11-12,15H,4-5,7-8,10H2,(H,16,18). The van der Waals surface area contributed by atoms with Crippen LogP contribution in [0.15, 0.2) is 36.8 Å². The van der Waals surface area contributed by atoms with E-state index in [2.05, 4.69) is 26.9 Å². The van der Waals surface area contributed by atoms with Crippen molar-refractivity contribution in [2.75, 3.05) is 18.4 Å². The third-order valence-electron chi connectivity index (χ3n) is 3.47. The van der Waals surface area contributed by atoms with Crippen LogP contribution in [0.4, 0.5) is 11.5 Å². The summed E-state index contributed by atoms with van der Waals surface area (Å²) < 4.78 is 2.03. The molecule has 0 unspecified atom stereocenters. The highest BCUT2D eigenvalue weighted by Gasteiger charge is 2.13. The molecule has 2 N–H and O–H groups in total. The predicted molar refractivity (Wildman–Crippen MR) is 75.3 cm³/mol. The molecule has 0 atom stereocenters. The van der Waals surface area contributed by atoms with Crippen LogP contribution in [0, 0.1) is 5.92 Å². The Balaban J connectivity index is 1.59. The molecule has 5 heteroatoms. The van der Waals surface area contributed by atoms with Gasteiger partial charge in [-0.25, -0.2) is 4.98 Å². The first-order valence-corrected chi connectivity index (χ1v) is 6.81.